The highest BCUT2D eigenvalue weighted by Crippen LogP contribution is 2.35. The first-order chi connectivity index (χ1) is 14.1. The van der Waals surface area contributed by atoms with Gasteiger partial charge in [0.15, 0.2) is 0 Å². The second-order valence-electron chi connectivity index (χ2n) is 6.95. The third-order valence-corrected chi connectivity index (χ3v) is 5.20. The van der Waals surface area contributed by atoms with E-state index in [2.05, 4.69) is 24.3 Å². The van der Waals surface area contributed by atoms with Crippen molar-refractivity contribution in [3.05, 3.63) is 102 Å². The van der Waals surface area contributed by atoms with Crippen LogP contribution in [0.1, 0.15) is 10.4 Å². The van der Waals surface area contributed by atoms with Crippen molar-refractivity contribution in [1.82, 2.24) is 4.57 Å². The van der Waals surface area contributed by atoms with Crippen LogP contribution in [-0.4, -0.2) is 15.6 Å². The fraction of sp³-hybridized carbons (Fsp3) is 0. The smallest absolute Gasteiger partial charge is 0.335 e. The molecule has 1 heterocycles. The highest BCUT2D eigenvalue weighted by Gasteiger charge is 2.15. The van der Waals surface area contributed by atoms with Crippen LogP contribution >= 0.6 is 0 Å². The fourth-order valence-electron chi connectivity index (χ4n) is 3.85. The Morgan fingerprint density at radius 1 is 0.793 bits per heavy atom. The van der Waals surface area contributed by atoms with Gasteiger partial charge in [-0.2, -0.15) is 0 Å². The Morgan fingerprint density at radius 3 is 2.38 bits per heavy atom. The van der Waals surface area contributed by atoms with Crippen molar-refractivity contribution in [1.29, 1.82) is 0 Å². The van der Waals surface area contributed by atoms with Crippen LogP contribution in [0.3, 0.4) is 0 Å². The highest BCUT2D eigenvalue weighted by atomic mass is 19.1. The van der Waals surface area contributed by atoms with Gasteiger partial charge in [0.1, 0.15) is 5.82 Å². The zero-order chi connectivity index (χ0) is 20.0. The van der Waals surface area contributed by atoms with Crippen molar-refractivity contribution in [2.45, 2.75) is 0 Å². The first kappa shape index (κ1) is 17.2. The van der Waals surface area contributed by atoms with Gasteiger partial charge >= 0.3 is 5.97 Å². The lowest BCUT2D eigenvalue weighted by Crippen LogP contribution is -2.01. The number of nitrogens with zero attached hydrogens (tertiary/aromatic N) is 1. The molecule has 0 fully saturated rings. The molecule has 0 amide bonds. The maximum absolute atomic E-state index is 13.5. The van der Waals surface area contributed by atoms with Crippen LogP contribution in [0, 0.1) is 5.82 Å². The summed E-state index contributed by atoms with van der Waals surface area (Å²) in [5.41, 5.74) is 3.65. The highest BCUT2D eigenvalue weighted by molar-refractivity contribution is 6.09. The number of aromatic carboxylic acids is 1. The summed E-state index contributed by atoms with van der Waals surface area (Å²) in [6.45, 7) is 0. The second kappa shape index (κ2) is 6.60. The largest absolute Gasteiger partial charge is 0.478 e. The molecule has 3 nitrogen and oxygen atoms in total. The number of fused-ring (bicyclic) bond motifs is 3. The number of carboxylic acids is 1. The molecule has 0 bridgehead atoms. The molecule has 0 aliphatic rings. The van der Waals surface area contributed by atoms with Gasteiger partial charge in [0, 0.05) is 11.1 Å². The molecule has 0 atom stereocenters. The van der Waals surface area contributed by atoms with Gasteiger partial charge in [0.05, 0.1) is 16.8 Å². The summed E-state index contributed by atoms with van der Waals surface area (Å²) in [5.74, 6) is -1.27. The molecular formula is C25H16FNO2. The van der Waals surface area contributed by atoms with E-state index in [1.807, 2.05) is 28.8 Å². The third-order valence-electron chi connectivity index (χ3n) is 5.20. The molecule has 0 radical (unpaired) electrons. The fourth-order valence-corrected chi connectivity index (χ4v) is 3.85. The summed E-state index contributed by atoms with van der Waals surface area (Å²) in [7, 11) is 0. The Labute approximate surface area is 166 Å². The normalized spacial score (nSPS) is 11.2. The minimum Gasteiger partial charge on any atom is -0.478 e. The van der Waals surface area contributed by atoms with E-state index in [9.17, 15) is 14.3 Å². The minimum absolute atomic E-state index is 0.218. The van der Waals surface area contributed by atoms with Gasteiger partial charge in [-0.15, -0.1) is 0 Å². The summed E-state index contributed by atoms with van der Waals surface area (Å²) in [6.07, 6.45) is 0. The van der Waals surface area contributed by atoms with Crippen molar-refractivity contribution in [2.24, 2.45) is 0 Å². The standard InChI is InChI=1S/C25H16FNO2/c26-19-11-8-17(9-12-19)24-15-22-21-7-2-1-4-16(21)10-13-23(22)27(24)20-6-3-5-18(14-20)25(28)29/h1-15H,(H,28,29). The molecule has 1 aromatic heterocycles. The van der Waals surface area contributed by atoms with Gasteiger partial charge in [-0.25, -0.2) is 9.18 Å². The Balaban J connectivity index is 1.88. The molecule has 140 valence electrons. The number of hydrogen-bond acceptors (Lipinski definition) is 1. The van der Waals surface area contributed by atoms with E-state index >= 15 is 0 Å². The molecule has 5 aromatic rings. The number of carboxylic acid groups (broad SMARTS) is 1. The molecular weight excluding hydrogens is 365 g/mol. The van der Waals surface area contributed by atoms with Gasteiger partial charge in [-0.3, -0.25) is 0 Å². The monoisotopic (exact) mass is 381 g/mol. The molecule has 0 aliphatic carbocycles. The zero-order valence-corrected chi connectivity index (χ0v) is 15.3. The van der Waals surface area contributed by atoms with Gasteiger partial charge < -0.3 is 9.67 Å². The van der Waals surface area contributed by atoms with Crippen LogP contribution < -0.4 is 0 Å². The minimum atomic E-state index is -0.975. The maximum atomic E-state index is 13.5. The van der Waals surface area contributed by atoms with E-state index in [0.717, 1.165) is 38.6 Å². The average Bonchev–Trinajstić information content (AvgIpc) is 3.14. The van der Waals surface area contributed by atoms with Crippen LogP contribution in [0.2, 0.25) is 0 Å². The van der Waals surface area contributed by atoms with Gasteiger partial charge in [-0.05, 0) is 70.9 Å². The van der Waals surface area contributed by atoms with Crippen molar-refractivity contribution in [2.75, 3.05) is 0 Å². The van der Waals surface area contributed by atoms with Gasteiger partial charge in [0.25, 0.3) is 0 Å². The predicted molar refractivity (Wildman–Crippen MR) is 113 cm³/mol. The first-order valence-corrected chi connectivity index (χ1v) is 9.25. The Kier molecular flexibility index (Phi) is 3.91. The molecule has 0 unspecified atom stereocenters. The van der Waals surface area contributed by atoms with Crippen LogP contribution in [0.4, 0.5) is 4.39 Å². The first-order valence-electron chi connectivity index (χ1n) is 9.25. The van der Waals surface area contributed by atoms with Crippen LogP contribution in [-0.2, 0) is 0 Å². The lowest BCUT2D eigenvalue weighted by atomic mass is 10.1. The average molecular weight is 381 g/mol. The molecule has 1 N–H and O–H groups in total. The number of hydrogen-bond donors (Lipinski definition) is 1. The molecule has 5 rings (SSSR count). The molecule has 0 saturated heterocycles. The van der Waals surface area contributed by atoms with Crippen molar-refractivity contribution in [3.8, 4) is 16.9 Å². The van der Waals surface area contributed by atoms with Crippen LogP contribution in [0.25, 0.3) is 38.6 Å². The number of carbonyl (C=O) groups is 1. The lowest BCUT2D eigenvalue weighted by Gasteiger charge is -2.12. The topological polar surface area (TPSA) is 42.2 Å². The Hall–Kier alpha value is -3.92. The molecule has 4 heteroatoms. The molecule has 4 aromatic carbocycles. The molecule has 29 heavy (non-hydrogen) atoms. The zero-order valence-electron chi connectivity index (χ0n) is 15.3. The van der Waals surface area contributed by atoms with Gasteiger partial charge in [-0.1, -0.05) is 36.4 Å². The number of benzene rings is 4. The molecule has 0 saturated carbocycles. The van der Waals surface area contributed by atoms with Crippen molar-refractivity contribution >= 4 is 27.6 Å². The predicted octanol–water partition coefficient (Wildman–Crippen LogP) is 6.29. The Morgan fingerprint density at radius 2 is 1.59 bits per heavy atom. The maximum Gasteiger partial charge on any atom is 0.335 e. The number of halogens is 1. The van der Waals surface area contributed by atoms with E-state index in [1.54, 1.807) is 30.3 Å². The van der Waals surface area contributed by atoms with E-state index in [1.165, 1.54) is 12.1 Å². The van der Waals surface area contributed by atoms with E-state index in [-0.39, 0.29) is 11.4 Å². The van der Waals surface area contributed by atoms with E-state index < -0.39 is 5.97 Å². The van der Waals surface area contributed by atoms with E-state index in [0.29, 0.717) is 0 Å². The van der Waals surface area contributed by atoms with Gasteiger partial charge in [0.2, 0.25) is 0 Å². The van der Waals surface area contributed by atoms with Crippen molar-refractivity contribution < 1.29 is 14.3 Å². The third kappa shape index (κ3) is 2.86. The summed E-state index contributed by atoms with van der Waals surface area (Å²) >= 11 is 0. The molecule has 0 spiro atoms. The molecule has 0 aliphatic heterocycles. The SMILES string of the molecule is O=C(O)c1cccc(-n2c(-c3ccc(F)cc3)cc3c4ccccc4ccc32)c1. The van der Waals surface area contributed by atoms with Crippen LogP contribution in [0.15, 0.2) is 91.0 Å². The summed E-state index contributed by atoms with van der Waals surface area (Å²) < 4.78 is 15.5. The second-order valence-corrected chi connectivity index (χ2v) is 6.95. The number of rotatable bonds is 3. The Bertz CT molecular complexity index is 1380. The van der Waals surface area contributed by atoms with Crippen molar-refractivity contribution in [3.63, 3.8) is 0 Å². The summed E-state index contributed by atoms with van der Waals surface area (Å²) in [5, 5.41) is 12.7. The van der Waals surface area contributed by atoms with E-state index in [4.69, 9.17) is 0 Å². The quantitative estimate of drug-likeness (QED) is 0.399. The summed E-state index contributed by atoms with van der Waals surface area (Å²) in [4.78, 5) is 11.5. The summed E-state index contributed by atoms with van der Waals surface area (Å²) in [6, 6.07) is 27.5. The number of aromatic nitrogens is 1. The van der Waals surface area contributed by atoms with Crippen LogP contribution in [0.5, 0.6) is 0 Å². The lowest BCUT2D eigenvalue weighted by molar-refractivity contribution is 0.0697.